The highest BCUT2D eigenvalue weighted by Crippen LogP contribution is 2.24. The second-order valence-corrected chi connectivity index (χ2v) is 4.59. The monoisotopic (exact) mass is 276 g/mol. The molecule has 2 aromatic rings. The minimum atomic E-state index is -0.531. The molecule has 0 radical (unpaired) electrons. The predicted octanol–water partition coefficient (Wildman–Crippen LogP) is 3.82. The number of benzene rings is 2. The molecule has 4 heteroatoms. The Kier molecular flexibility index (Phi) is 3.84. The van der Waals surface area contributed by atoms with E-state index in [1.54, 1.807) is 13.8 Å². The maximum Gasteiger partial charge on any atom is 0.193 e. The second kappa shape index (κ2) is 5.41. The van der Waals surface area contributed by atoms with Crippen LogP contribution in [0.5, 0.6) is 5.75 Å². The van der Waals surface area contributed by atoms with E-state index in [-0.39, 0.29) is 17.3 Å². The first-order valence-corrected chi connectivity index (χ1v) is 6.09. The third kappa shape index (κ3) is 2.54. The molecule has 0 aromatic heterocycles. The molecular formula is C16H14F2O2. The molecule has 20 heavy (non-hydrogen) atoms. The van der Waals surface area contributed by atoms with Crippen molar-refractivity contribution in [2.45, 2.75) is 13.8 Å². The molecule has 2 nitrogen and oxygen atoms in total. The molecule has 0 aliphatic heterocycles. The SMILES string of the molecule is COc1cc(C(=O)c2c(C)cc(F)cc2C)ccc1F. The van der Waals surface area contributed by atoms with E-state index >= 15 is 0 Å². The van der Waals surface area contributed by atoms with Crippen molar-refractivity contribution in [1.82, 2.24) is 0 Å². The van der Waals surface area contributed by atoms with E-state index in [9.17, 15) is 13.6 Å². The summed E-state index contributed by atoms with van der Waals surface area (Å²) in [7, 11) is 1.33. The molecule has 0 amide bonds. The Morgan fingerprint density at radius 3 is 2.20 bits per heavy atom. The quantitative estimate of drug-likeness (QED) is 0.797. The Hall–Kier alpha value is -2.23. The van der Waals surface area contributed by atoms with Crippen LogP contribution in [0.2, 0.25) is 0 Å². The fraction of sp³-hybridized carbons (Fsp3) is 0.188. The lowest BCUT2D eigenvalue weighted by Gasteiger charge is -2.10. The number of halogens is 2. The summed E-state index contributed by atoms with van der Waals surface area (Å²) in [6.45, 7) is 3.34. The van der Waals surface area contributed by atoms with Crippen LogP contribution in [0.15, 0.2) is 30.3 Å². The van der Waals surface area contributed by atoms with Crippen LogP contribution in [0.4, 0.5) is 8.78 Å². The van der Waals surface area contributed by atoms with E-state index in [1.807, 2.05) is 0 Å². The minimum Gasteiger partial charge on any atom is -0.494 e. The van der Waals surface area contributed by atoms with Gasteiger partial charge in [-0.1, -0.05) is 0 Å². The number of hydrogen-bond acceptors (Lipinski definition) is 2. The molecule has 0 bridgehead atoms. The van der Waals surface area contributed by atoms with Gasteiger partial charge in [-0.2, -0.15) is 0 Å². The highest BCUT2D eigenvalue weighted by molar-refractivity contribution is 6.11. The molecule has 0 spiro atoms. The molecule has 0 aliphatic rings. The lowest BCUT2D eigenvalue weighted by atomic mass is 9.94. The molecule has 0 aliphatic carbocycles. The van der Waals surface area contributed by atoms with Crippen LogP contribution in [0.25, 0.3) is 0 Å². The summed E-state index contributed by atoms with van der Waals surface area (Å²) in [6.07, 6.45) is 0. The molecule has 0 fully saturated rings. The number of methoxy groups -OCH3 is 1. The molecule has 0 saturated heterocycles. The van der Waals surface area contributed by atoms with Gasteiger partial charge in [-0.05, 0) is 55.3 Å². The molecule has 104 valence electrons. The molecule has 0 saturated carbocycles. The topological polar surface area (TPSA) is 26.3 Å². The smallest absolute Gasteiger partial charge is 0.193 e. The average Bonchev–Trinajstić information content (AvgIpc) is 2.37. The fourth-order valence-corrected chi connectivity index (χ4v) is 2.21. The van der Waals surface area contributed by atoms with Gasteiger partial charge in [0.05, 0.1) is 7.11 Å². The van der Waals surface area contributed by atoms with E-state index in [1.165, 1.54) is 37.4 Å². The van der Waals surface area contributed by atoms with Crippen molar-refractivity contribution in [3.63, 3.8) is 0 Å². The van der Waals surface area contributed by atoms with Crippen molar-refractivity contribution in [3.8, 4) is 5.75 Å². The molecular weight excluding hydrogens is 262 g/mol. The summed E-state index contributed by atoms with van der Waals surface area (Å²) in [5, 5.41) is 0. The van der Waals surface area contributed by atoms with E-state index in [2.05, 4.69) is 0 Å². The lowest BCUT2D eigenvalue weighted by Crippen LogP contribution is -2.07. The third-order valence-electron chi connectivity index (χ3n) is 3.14. The summed E-state index contributed by atoms with van der Waals surface area (Å²) in [5.41, 5.74) is 1.84. The maximum atomic E-state index is 13.4. The van der Waals surface area contributed by atoms with Crippen molar-refractivity contribution in [2.24, 2.45) is 0 Å². The zero-order chi connectivity index (χ0) is 14.9. The van der Waals surface area contributed by atoms with Crippen LogP contribution in [-0.2, 0) is 0 Å². The number of rotatable bonds is 3. The van der Waals surface area contributed by atoms with Gasteiger partial charge in [0.1, 0.15) is 5.82 Å². The van der Waals surface area contributed by atoms with Crippen LogP contribution >= 0.6 is 0 Å². The Labute approximate surface area is 116 Å². The summed E-state index contributed by atoms with van der Waals surface area (Å²) >= 11 is 0. The molecule has 0 heterocycles. The first-order valence-electron chi connectivity index (χ1n) is 6.09. The van der Waals surface area contributed by atoms with Crippen molar-refractivity contribution in [3.05, 3.63) is 64.2 Å². The summed E-state index contributed by atoms with van der Waals surface area (Å²) in [4.78, 5) is 12.5. The van der Waals surface area contributed by atoms with Crippen molar-refractivity contribution in [1.29, 1.82) is 0 Å². The predicted molar refractivity (Wildman–Crippen MR) is 72.3 cm³/mol. The minimum absolute atomic E-state index is 0.00766. The van der Waals surface area contributed by atoms with Crippen LogP contribution in [-0.4, -0.2) is 12.9 Å². The van der Waals surface area contributed by atoms with Gasteiger partial charge in [0.2, 0.25) is 0 Å². The Balaban J connectivity index is 2.52. The first-order chi connectivity index (χ1) is 9.43. The van der Waals surface area contributed by atoms with E-state index in [0.29, 0.717) is 22.3 Å². The van der Waals surface area contributed by atoms with Gasteiger partial charge in [0, 0.05) is 11.1 Å². The fourth-order valence-electron chi connectivity index (χ4n) is 2.21. The molecule has 2 rings (SSSR count). The number of carbonyl (C=O) groups is 1. The number of ether oxygens (including phenoxy) is 1. The summed E-state index contributed by atoms with van der Waals surface area (Å²) in [5.74, 6) is -1.18. The summed E-state index contributed by atoms with van der Waals surface area (Å²) < 4.78 is 31.5. The Morgan fingerprint density at radius 1 is 1.05 bits per heavy atom. The lowest BCUT2D eigenvalue weighted by molar-refractivity contribution is 0.103. The molecule has 0 atom stereocenters. The number of aryl methyl sites for hydroxylation is 2. The van der Waals surface area contributed by atoms with Gasteiger partial charge in [0.25, 0.3) is 0 Å². The van der Waals surface area contributed by atoms with E-state index in [4.69, 9.17) is 4.74 Å². The van der Waals surface area contributed by atoms with Gasteiger partial charge in [-0.3, -0.25) is 4.79 Å². The standard InChI is InChI=1S/C16H14F2O2/c1-9-6-12(17)7-10(2)15(9)16(19)11-4-5-13(18)14(8-11)20-3/h4-8H,1-3H3. The largest absolute Gasteiger partial charge is 0.494 e. The summed E-state index contributed by atoms with van der Waals surface area (Å²) in [6, 6.07) is 6.53. The van der Waals surface area contributed by atoms with Gasteiger partial charge in [-0.25, -0.2) is 8.78 Å². The Morgan fingerprint density at radius 2 is 1.65 bits per heavy atom. The van der Waals surface area contributed by atoms with Crippen LogP contribution in [0.3, 0.4) is 0 Å². The third-order valence-corrected chi connectivity index (χ3v) is 3.14. The van der Waals surface area contributed by atoms with Crippen molar-refractivity contribution >= 4 is 5.78 Å². The Bertz CT molecular complexity index is 655. The highest BCUT2D eigenvalue weighted by atomic mass is 19.1. The van der Waals surface area contributed by atoms with E-state index < -0.39 is 5.82 Å². The molecule has 0 unspecified atom stereocenters. The van der Waals surface area contributed by atoms with Crippen LogP contribution < -0.4 is 4.74 Å². The number of ketones is 1. The maximum absolute atomic E-state index is 13.4. The van der Waals surface area contributed by atoms with Gasteiger partial charge in [0.15, 0.2) is 17.3 Å². The zero-order valence-corrected chi connectivity index (χ0v) is 11.5. The van der Waals surface area contributed by atoms with Crippen molar-refractivity contribution in [2.75, 3.05) is 7.11 Å². The van der Waals surface area contributed by atoms with Crippen LogP contribution in [0, 0.1) is 25.5 Å². The normalized spacial score (nSPS) is 10.4. The first kappa shape index (κ1) is 14.2. The average molecular weight is 276 g/mol. The molecule has 0 N–H and O–H groups in total. The van der Waals surface area contributed by atoms with Crippen LogP contribution in [0.1, 0.15) is 27.0 Å². The number of carbonyl (C=O) groups excluding carboxylic acids is 1. The van der Waals surface area contributed by atoms with Gasteiger partial charge in [-0.15, -0.1) is 0 Å². The molecule has 2 aromatic carbocycles. The van der Waals surface area contributed by atoms with Gasteiger partial charge < -0.3 is 4.74 Å². The van der Waals surface area contributed by atoms with Crippen molar-refractivity contribution < 1.29 is 18.3 Å². The number of hydrogen-bond donors (Lipinski definition) is 0. The second-order valence-electron chi connectivity index (χ2n) is 4.59. The van der Waals surface area contributed by atoms with E-state index in [0.717, 1.165) is 0 Å². The van der Waals surface area contributed by atoms with Gasteiger partial charge >= 0.3 is 0 Å². The highest BCUT2D eigenvalue weighted by Gasteiger charge is 2.17. The zero-order valence-electron chi connectivity index (χ0n) is 11.5.